The van der Waals surface area contributed by atoms with Crippen molar-refractivity contribution in [2.75, 3.05) is 5.73 Å². The van der Waals surface area contributed by atoms with Crippen LogP contribution in [0.15, 0.2) is 48.5 Å². The summed E-state index contributed by atoms with van der Waals surface area (Å²) < 4.78 is 1.68. The van der Waals surface area contributed by atoms with E-state index < -0.39 is 0 Å². The molecule has 0 aliphatic carbocycles. The minimum absolute atomic E-state index is 0.562. The minimum atomic E-state index is 0.562. The summed E-state index contributed by atoms with van der Waals surface area (Å²) in [6.07, 6.45) is 2.23. The van der Waals surface area contributed by atoms with Gasteiger partial charge in [-0.05, 0) is 31.0 Å². The van der Waals surface area contributed by atoms with E-state index in [4.69, 9.17) is 5.73 Å². The number of anilines is 1. The molecular weight excluding hydrogens is 272 g/mol. The van der Waals surface area contributed by atoms with Crippen molar-refractivity contribution in [1.82, 2.24) is 15.0 Å². The quantitative estimate of drug-likeness (QED) is 0.796. The third-order valence-corrected chi connectivity index (χ3v) is 3.75. The maximum Gasteiger partial charge on any atom is 0.155 e. The number of hydrogen-bond donors (Lipinski definition) is 1. The highest BCUT2D eigenvalue weighted by molar-refractivity contribution is 5.71. The van der Waals surface area contributed by atoms with E-state index in [1.807, 2.05) is 24.3 Å². The summed E-state index contributed by atoms with van der Waals surface area (Å²) in [6.45, 7) is 4.23. The van der Waals surface area contributed by atoms with Crippen molar-refractivity contribution < 1.29 is 0 Å². The molecule has 0 saturated heterocycles. The fourth-order valence-electron chi connectivity index (χ4n) is 2.49. The maximum atomic E-state index is 6.24. The van der Waals surface area contributed by atoms with Crippen molar-refractivity contribution in [3.63, 3.8) is 0 Å². The number of rotatable bonds is 4. The second kappa shape index (κ2) is 6.02. The van der Waals surface area contributed by atoms with E-state index >= 15 is 0 Å². The molecule has 0 saturated carbocycles. The lowest BCUT2D eigenvalue weighted by atomic mass is 10.1. The molecule has 0 radical (unpaired) electrons. The van der Waals surface area contributed by atoms with Crippen molar-refractivity contribution in [2.24, 2.45) is 0 Å². The summed E-state index contributed by atoms with van der Waals surface area (Å²) in [6, 6.07) is 16.4. The molecule has 0 aliphatic rings. The fraction of sp³-hybridized carbons (Fsp3) is 0.222. The smallest absolute Gasteiger partial charge is 0.155 e. The van der Waals surface area contributed by atoms with Crippen LogP contribution in [0.25, 0.3) is 16.9 Å². The molecule has 112 valence electrons. The van der Waals surface area contributed by atoms with Crippen molar-refractivity contribution >= 4 is 5.82 Å². The van der Waals surface area contributed by atoms with Crippen LogP contribution in [0.1, 0.15) is 24.5 Å². The maximum absolute atomic E-state index is 6.24. The molecule has 0 fully saturated rings. The van der Waals surface area contributed by atoms with Gasteiger partial charge in [-0.25, -0.2) is 0 Å². The zero-order valence-corrected chi connectivity index (χ0v) is 13.0. The van der Waals surface area contributed by atoms with Gasteiger partial charge in [-0.1, -0.05) is 60.5 Å². The zero-order valence-electron chi connectivity index (χ0n) is 13.0. The van der Waals surface area contributed by atoms with Crippen LogP contribution >= 0.6 is 0 Å². The Kier molecular flexibility index (Phi) is 3.92. The van der Waals surface area contributed by atoms with Gasteiger partial charge in [0.15, 0.2) is 5.82 Å². The predicted molar refractivity (Wildman–Crippen MR) is 89.9 cm³/mol. The number of nitrogen functional groups attached to an aromatic ring is 1. The first-order valence-corrected chi connectivity index (χ1v) is 7.56. The van der Waals surface area contributed by atoms with Crippen LogP contribution in [0.4, 0.5) is 5.82 Å². The van der Waals surface area contributed by atoms with Gasteiger partial charge in [-0.2, -0.15) is 4.68 Å². The molecule has 2 aromatic carbocycles. The topological polar surface area (TPSA) is 56.7 Å². The number of hydrogen-bond acceptors (Lipinski definition) is 3. The Hall–Kier alpha value is -2.62. The molecule has 0 aliphatic heterocycles. The van der Waals surface area contributed by atoms with Crippen LogP contribution < -0.4 is 5.73 Å². The van der Waals surface area contributed by atoms with Gasteiger partial charge in [0.2, 0.25) is 0 Å². The van der Waals surface area contributed by atoms with Crippen molar-refractivity contribution in [3.8, 4) is 16.9 Å². The van der Waals surface area contributed by atoms with E-state index in [9.17, 15) is 0 Å². The molecular formula is C18H20N4. The lowest BCUT2D eigenvalue weighted by Crippen LogP contribution is -2.02. The SMILES string of the molecule is CCCc1ccc(-c2nnn(-c3ccc(C)cc3)c2N)cc1. The van der Waals surface area contributed by atoms with Crippen LogP contribution in [-0.4, -0.2) is 15.0 Å². The zero-order chi connectivity index (χ0) is 15.5. The molecule has 0 unspecified atom stereocenters. The van der Waals surface area contributed by atoms with Crippen LogP contribution in [0.2, 0.25) is 0 Å². The van der Waals surface area contributed by atoms with E-state index in [0.717, 1.165) is 29.8 Å². The first kappa shape index (κ1) is 14.3. The summed E-state index contributed by atoms with van der Waals surface area (Å²) in [5, 5.41) is 8.44. The highest BCUT2D eigenvalue weighted by Gasteiger charge is 2.12. The molecule has 4 nitrogen and oxygen atoms in total. The Morgan fingerprint density at radius 3 is 2.32 bits per heavy atom. The average molecular weight is 292 g/mol. The Bertz CT molecular complexity index is 755. The second-order valence-corrected chi connectivity index (χ2v) is 5.52. The highest BCUT2D eigenvalue weighted by Crippen LogP contribution is 2.25. The molecule has 0 spiro atoms. The van der Waals surface area contributed by atoms with E-state index in [-0.39, 0.29) is 0 Å². The van der Waals surface area contributed by atoms with Crippen LogP contribution in [0.5, 0.6) is 0 Å². The lowest BCUT2D eigenvalue weighted by Gasteiger charge is -2.05. The minimum Gasteiger partial charge on any atom is -0.382 e. The van der Waals surface area contributed by atoms with Gasteiger partial charge in [0.1, 0.15) is 5.69 Å². The predicted octanol–water partition coefficient (Wildman–Crippen LogP) is 3.78. The van der Waals surface area contributed by atoms with Gasteiger partial charge in [0, 0.05) is 5.56 Å². The van der Waals surface area contributed by atoms with Gasteiger partial charge >= 0.3 is 0 Å². The monoisotopic (exact) mass is 292 g/mol. The van der Waals surface area contributed by atoms with E-state index in [0.29, 0.717) is 5.82 Å². The third-order valence-electron chi connectivity index (χ3n) is 3.75. The third kappa shape index (κ3) is 2.72. The summed E-state index contributed by atoms with van der Waals surface area (Å²) in [5.41, 5.74) is 11.4. The number of aromatic nitrogens is 3. The first-order chi connectivity index (χ1) is 10.7. The molecule has 1 aromatic heterocycles. The Balaban J connectivity index is 1.94. The van der Waals surface area contributed by atoms with E-state index in [1.165, 1.54) is 11.1 Å². The van der Waals surface area contributed by atoms with Crippen LogP contribution in [-0.2, 0) is 6.42 Å². The number of nitrogens with zero attached hydrogens (tertiary/aromatic N) is 3. The summed E-state index contributed by atoms with van der Waals surface area (Å²) >= 11 is 0. The normalized spacial score (nSPS) is 10.8. The molecule has 1 heterocycles. The highest BCUT2D eigenvalue weighted by atomic mass is 15.5. The second-order valence-electron chi connectivity index (χ2n) is 5.52. The Morgan fingerprint density at radius 1 is 1.00 bits per heavy atom. The Morgan fingerprint density at radius 2 is 1.68 bits per heavy atom. The van der Waals surface area contributed by atoms with Gasteiger partial charge < -0.3 is 5.73 Å². The van der Waals surface area contributed by atoms with Crippen LogP contribution in [0.3, 0.4) is 0 Å². The molecule has 3 aromatic rings. The van der Waals surface area contributed by atoms with Gasteiger partial charge in [0.05, 0.1) is 5.69 Å². The summed E-state index contributed by atoms with van der Waals surface area (Å²) in [4.78, 5) is 0. The van der Waals surface area contributed by atoms with Crippen molar-refractivity contribution in [2.45, 2.75) is 26.7 Å². The van der Waals surface area contributed by atoms with E-state index in [2.05, 4.69) is 48.4 Å². The number of aryl methyl sites for hydroxylation is 2. The summed E-state index contributed by atoms with van der Waals surface area (Å²) in [7, 11) is 0. The van der Waals surface area contributed by atoms with Gasteiger partial charge in [-0.3, -0.25) is 0 Å². The largest absolute Gasteiger partial charge is 0.382 e. The molecule has 3 rings (SSSR count). The molecule has 0 amide bonds. The summed E-state index contributed by atoms with van der Waals surface area (Å²) in [5.74, 6) is 0.562. The molecule has 2 N–H and O–H groups in total. The van der Waals surface area contributed by atoms with Crippen molar-refractivity contribution in [3.05, 3.63) is 59.7 Å². The number of nitrogens with two attached hydrogens (primary N) is 1. The molecule has 4 heteroatoms. The fourth-order valence-corrected chi connectivity index (χ4v) is 2.49. The molecule has 0 atom stereocenters. The molecule has 0 bridgehead atoms. The van der Waals surface area contributed by atoms with E-state index in [1.54, 1.807) is 4.68 Å². The first-order valence-electron chi connectivity index (χ1n) is 7.56. The van der Waals surface area contributed by atoms with Crippen LogP contribution in [0, 0.1) is 6.92 Å². The standard InChI is InChI=1S/C18H20N4/c1-3-4-14-7-9-15(10-8-14)17-18(19)22(21-20-17)16-11-5-13(2)6-12-16/h5-12H,3-4,19H2,1-2H3. The average Bonchev–Trinajstić information content (AvgIpc) is 2.91. The Labute approximate surface area is 130 Å². The lowest BCUT2D eigenvalue weighted by molar-refractivity contribution is 0.810. The number of benzene rings is 2. The van der Waals surface area contributed by atoms with Gasteiger partial charge in [0.25, 0.3) is 0 Å². The molecule has 22 heavy (non-hydrogen) atoms. The van der Waals surface area contributed by atoms with Gasteiger partial charge in [-0.15, -0.1) is 5.10 Å². The van der Waals surface area contributed by atoms with Crippen molar-refractivity contribution in [1.29, 1.82) is 0 Å².